The van der Waals surface area contributed by atoms with Gasteiger partial charge >= 0.3 is 0 Å². The Labute approximate surface area is 175 Å². The van der Waals surface area contributed by atoms with Crippen LogP contribution in [-0.4, -0.2) is 55.4 Å². The van der Waals surface area contributed by atoms with Crippen molar-refractivity contribution in [3.05, 3.63) is 52.5 Å². The molecule has 0 unspecified atom stereocenters. The molecule has 4 rings (SSSR count). The number of hydrogen-bond acceptors (Lipinski definition) is 6. The van der Waals surface area contributed by atoms with Crippen molar-refractivity contribution in [2.24, 2.45) is 0 Å². The molecule has 1 saturated heterocycles. The minimum Gasteiger partial charge on any atom is -0.493 e. The standard InChI is InChI=1S/C21H25N3O3S2/c1-3-27-20-8-9-21(19-7-5-4-6-18(19)20)29(25,26)24-12-10-23(11-13-24)14-17-15-28-16(2)22-17/h4-9,15H,3,10-14H2,1-2H3. The first kappa shape index (κ1) is 20.3. The lowest BCUT2D eigenvalue weighted by Gasteiger charge is -2.33. The number of hydrogen-bond donors (Lipinski definition) is 0. The van der Waals surface area contributed by atoms with E-state index in [-0.39, 0.29) is 0 Å². The number of thiazole rings is 1. The average molecular weight is 432 g/mol. The second-order valence-corrected chi connectivity index (χ2v) is 10.0. The molecule has 1 aromatic heterocycles. The van der Waals surface area contributed by atoms with E-state index in [4.69, 9.17) is 4.74 Å². The zero-order chi connectivity index (χ0) is 20.4. The molecule has 1 aliphatic heterocycles. The first-order valence-corrected chi connectivity index (χ1v) is 12.1. The van der Waals surface area contributed by atoms with Crippen molar-refractivity contribution >= 4 is 32.1 Å². The van der Waals surface area contributed by atoms with Crippen LogP contribution >= 0.6 is 11.3 Å². The highest BCUT2D eigenvalue weighted by molar-refractivity contribution is 7.89. The molecule has 29 heavy (non-hydrogen) atoms. The number of aromatic nitrogens is 1. The van der Waals surface area contributed by atoms with E-state index in [0.29, 0.717) is 48.8 Å². The molecule has 0 N–H and O–H groups in total. The van der Waals surface area contributed by atoms with Crippen LogP contribution < -0.4 is 4.74 Å². The second-order valence-electron chi connectivity index (χ2n) is 7.08. The van der Waals surface area contributed by atoms with Crippen molar-refractivity contribution in [3.63, 3.8) is 0 Å². The van der Waals surface area contributed by atoms with Gasteiger partial charge in [0.1, 0.15) is 5.75 Å². The maximum absolute atomic E-state index is 13.4. The van der Waals surface area contributed by atoms with Gasteiger partial charge in [-0.2, -0.15) is 4.31 Å². The Morgan fingerprint density at radius 3 is 2.45 bits per heavy atom. The summed E-state index contributed by atoms with van der Waals surface area (Å²) < 4.78 is 34.1. The van der Waals surface area contributed by atoms with Crippen LogP contribution in [0.3, 0.4) is 0 Å². The van der Waals surface area contributed by atoms with Crippen LogP contribution in [0.15, 0.2) is 46.7 Å². The Morgan fingerprint density at radius 1 is 1.07 bits per heavy atom. The van der Waals surface area contributed by atoms with E-state index in [0.717, 1.165) is 22.6 Å². The van der Waals surface area contributed by atoms with E-state index in [1.54, 1.807) is 27.8 Å². The molecule has 154 valence electrons. The van der Waals surface area contributed by atoms with E-state index in [1.807, 2.05) is 38.1 Å². The quantitative estimate of drug-likeness (QED) is 0.598. The number of sulfonamides is 1. The van der Waals surface area contributed by atoms with Gasteiger partial charge in [-0.15, -0.1) is 11.3 Å². The van der Waals surface area contributed by atoms with Crippen LogP contribution in [0.4, 0.5) is 0 Å². The van der Waals surface area contributed by atoms with Gasteiger partial charge in [0.25, 0.3) is 0 Å². The Morgan fingerprint density at radius 2 is 1.79 bits per heavy atom. The Bertz CT molecular complexity index is 1100. The molecular formula is C21H25N3O3S2. The first-order valence-electron chi connectivity index (χ1n) is 9.77. The molecule has 0 atom stereocenters. The number of rotatable bonds is 6. The third-order valence-electron chi connectivity index (χ3n) is 5.15. The second kappa shape index (κ2) is 8.39. The van der Waals surface area contributed by atoms with Crippen molar-refractivity contribution < 1.29 is 13.2 Å². The molecule has 6 nitrogen and oxygen atoms in total. The summed E-state index contributed by atoms with van der Waals surface area (Å²) >= 11 is 1.65. The molecule has 1 fully saturated rings. The molecule has 8 heteroatoms. The molecular weight excluding hydrogens is 406 g/mol. The molecule has 0 spiro atoms. The molecule has 0 amide bonds. The van der Waals surface area contributed by atoms with E-state index in [9.17, 15) is 8.42 Å². The molecule has 0 saturated carbocycles. The maximum atomic E-state index is 13.4. The van der Waals surface area contributed by atoms with E-state index < -0.39 is 10.0 Å². The fourth-order valence-electron chi connectivity index (χ4n) is 3.73. The van der Waals surface area contributed by atoms with Crippen LogP contribution in [0, 0.1) is 6.92 Å². The highest BCUT2D eigenvalue weighted by Crippen LogP contribution is 2.33. The van der Waals surface area contributed by atoms with Crippen molar-refractivity contribution in [1.82, 2.24) is 14.2 Å². The highest BCUT2D eigenvalue weighted by atomic mass is 32.2. The SMILES string of the molecule is CCOc1ccc(S(=O)(=O)N2CCN(Cc3csc(C)n3)CC2)c2ccccc12. The summed E-state index contributed by atoms with van der Waals surface area (Å²) in [5.74, 6) is 0.713. The number of nitrogens with zero attached hydrogens (tertiary/aromatic N) is 3. The molecule has 0 bridgehead atoms. The number of benzene rings is 2. The molecule has 1 aliphatic rings. The summed E-state index contributed by atoms with van der Waals surface area (Å²) in [6.07, 6.45) is 0. The molecule has 0 aliphatic carbocycles. The van der Waals surface area contributed by atoms with Crippen LogP contribution in [0.1, 0.15) is 17.6 Å². The molecule has 2 heterocycles. The monoisotopic (exact) mass is 431 g/mol. The molecule has 2 aromatic carbocycles. The average Bonchev–Trinajstić information content (AvgIpc) is 3.13. The van der Waals surface area contributed by atoms with Crippen molar-refractivity contribution in [3.8, 4) is 5.75 Å². The largest absolute Gasteiger partial charge is 0.493 e. The van der Waals surface area contributed by atoms with Gasteiger partial charge in [-0.1, -0.05) is 24.3 Å². The summed E-state index contributed by atoms with van der Waals surface area (Å²) in [5, 5.41) is 4.67. The van der Waals surface area contributed by atoms with Gasteiger partial charge in [-0.05, 0) is 26.0 Å². The lowest BCUT2D eigenvalue weighted by atomic mass is 10.1. The van der Waals surface area contributed by atoms with Crippen molar-refractivity contribution in [1.29, 1.82) is 0 Å². The van der Waals surface area contributed by atoms with E-state index in [2.05, 4.69) is 15.3 Å². The van der Waals surface area contributed by atoms with Crippen LogP contribution in [0.2, 0.25) is 0 Å². The van der Waals surface area contributed by atoms with Gasteiger partial charge in [-0.3, -0.25) is 4.90 Å². The summed E-state index contributed by atoms with van der Waals surface area (Å²) in [4.78, 5) is 7.12. The minimum atomic E-state index is -3.57. The van der Waals surface area contributed by atoms with Gasteiger partial charge in [0, 0.05) is 48.9 Å². The summed E-state index contributed by atoms with van der Waals surface area (Å²) in [7, 11) is -3.57. The van der Waals surface area contributed by atoms with E-state index in [1.165, 1.54) is 0 Å². The Hall–Kier alpha value is -2.00. The fraction of sp³-hybridized carbons (Fsp3) is 0.381. The number of piperazine rings is 1. The zero-order valence-corrected chi connectivity index (χ0v) is 18.3. The lowest BCUT2D eigenvalue weighted by molar-refractivity contribution is 0.180. The third-order valence-corrected chi connectivity index (χ3v) is 7.92. The number of aryl methyl sites for hydroxylation is 1. The molecule has 3 aromatic rings. The van der Waals surface area contributed by atoms with Gasteiger partial charge in [0.2, 0.25) is 10.0 Å². The van der Waals surface area contributed by atoms with Crippen molar-refractivity contribution in [2.75, 3.05) is 32.8 Å². The topological polar surface area (TPSA) is 62.7 Å². The summed E-state index contributed by atoms with van der Waals surface area (Å²) in [5.41, 5.74) is 1.06. The van der Waals surface area contributed by atoms with Gasteiger partial charge in [0.05, 0.1) is 22.2 Å². The fourth-order valence-corrected chi connectivity index (χ4v) is 5.95. The number of ether oxygens (including phenoxy) is 1. The van der Waals surface area contributed by atoms with Crippen LogP contribution in [0.5, 0.6) is 5.75 Å². The predicted molar refractivity (Wildman–Crippen MR) is 116 cm³/mol. The van der Waals surface area contributed by atoms with Crippen molar-refractivity contribution in [2.45, 2.75) is 25.3 Å². The zero-order valence-electron chi connectivity index (χ0n) is 16.7. The number of fused-ring (bicyclic) bond motifs is 1. The van der Waals surface area contributed by atoms with Gasteiger partial charge in [0.15, 0.2) is 0 Å². The smallest absolute Gasteiger partial charge is 0.243 e. The lowest BCUT2D eigenvalue weighted by Crippen LogP contribution is -2.48. The van der Waals surface area contributed by atoms with E-state index >= 15 is 0 Å². The van der Waals surface area contributed by atoms with Crippen LogP contribution in [0.25, 0.3) is 10.8 Å². The molecule has 0 radical (unpaired) electrons. The Balaban J connectivity index is 1.54. The van der Waals surface area contributed by atoms with Crippen LogP contribution in [-0.2, 0) is 16.6 Å². The maximum Gasteiger partial charge on any atom is 0.243 e. The third kappa shape index (κ3) is 4.16. The summed E-state index contributed by atoms with van der Waals surface area (Å²) in [6, 6.07) is 11.0. The van der Waals surface area contributed by atoms with Gasteiger partial charge < -0.3 is 4.74 Å². The predicted octanol–water partition coefficient (Wildman–Crippen LogP) is 3.51. The minimum absolute atomic E-state index is 0.347. The highest BCUT2D eigenvalue weighted by Gasteiger charge is 2.30. The Kier molecular flexibility index (Phi) is 5.87. The normalized spacial score (nSPS) is 16.3. The van der Waals surface area contributed by atoms with Gasteiger partial charge in [-0.25, -0.2) is 13.4 Å². The first-order chi connectivity index (χ1) is 14.0. The summed E-state index contributed by atoms with van der Waals surface area (Å²) in [6.45, 7) is 7.59.